The van der Waals surface area contributed by atoms with Crippen LogP contribution in [0.25, 0.3) is 0 Å². The van der Waals surface area contributed by atoms with Gasteiger partial charge in [0.05, 0.1) is 4.90 Å². The first kappa shape index (κ1) is 24.2. The number of sulfone groups is 1. The van der Waals surface area contributed by atoms with E-state index in [2.05, 4.69) is 4.98 Å². The molecular weight excluding hydrogens is 460 g/mol. The number of aromatic nitrogens is 1. The molecule has 1 saturated heterocycles. The Morgan fingerprint density at radius 1 is 1.09 bits per heavy atom. The van der Waals surface area contributed by atoms with Crippen molar-refractivity contribution < 1.29 is 17.9 Å². The maximum Gasteiger partial charge on any atom is 0.233 e. The Morgan fingerprint density at radius 3 is 2.21 bits per heavy atom. The van der Waals surface area contributed by atoms with Crippen LogP contribution in [0.1, 0.15) is 58.4 Å². The van der Waals surface area contributed by atoms with E-state index in [0.29, 0.717) is 42.5 Å². The summed E-state index contributed by atoms with van der Waals surface area (Å²) < 4.78 is 32.1. The number of hydrogen-bond donors (Lipinski definition) is 0. The quantitative estimate of drug-likeness (QED) is 0.579. The van der Waals surface area contributed by atoms with Gasteiger partial charge in [0.15, 0.2) is 9.84 Å². The van der Waals surface area contributed by atoms with Gasteiger partial charge in [0.1, 0.15) is 10.6 Å². The largest absolute Gasteiger partial charge is 0.381 e. The zero-order chi connectivity index (χ0) is 23.9. The summed E-state index contributed by atoms with van der Waals surface area (Å²) in [4.78, 5) is 19.9. The molecule has 33 heavy (non-hydrogen) atoms. The molecule has 0 unspecified atom stereocenters. The van der Waals surface area contributed by atoms with Crippen molar-refractivity contribution in [2.75, 3.05) is 18.1 Å². The topological polar surface area (TPSA) is 76.6 Å². The average molecular weight is 491 g/mol. The van der Waals surface area contributed by atoms with Crippen LogP contribution in [0.5, 0.6) is 0 Å². The molecule has 1 aromatic heterocycles. The molecule has 1 aliphatic carbocycles. The number of pyridine rings is 1. The lowest BCUT2D eigenvalue weighted by molar-refractivity contribution is -0.126. The Bertz CT molecular complexity index is 1100. The molecule has 0 atom stereocenters. The summed E-state index contributed by atoms with van der Waals surface area (Å²) in [6.07, 6.45) is 5.32. The van der Waals surface area contributed by atoms with Crippen molar-refractivity contribution in [1.29, 1.82) is 0 Å². The zero-order valence-electron chi connectivity index (χ0n) is 19.4. The summed E-state index contributed by atoms with van der Waals surface area (Å²) in [5, 5.41) is 0.487. The summed E-state index contributed by atoms with van der Waals surface area (Å²) in [6, 6.07) is 10.1. The van der Waals surface area contributed by atoms with Crippen molar-refractivity contribution in [2.45, 2.75) is 68.6 Å². The van der Waals surface area contributed by atoms with Gasteiger partial charge in [-0.05, 0) is 68.0 Å². The first-order chi connectivity index (χ1) is 15.6. The number of benzene rings is 1. The van der Waals surface area contributed by atoms with E-state index >= 15 is 0 Å². The highest BCUT2D eigenvalue weighted by Gasteiger charge is 2.48. The van der Waals surface area contributed by atoms with Crippen molar-refractivity contribution in [1.82, 2.24) is 4.98 Å². The summed E-state index contributed by atoms with van der Waals surface area (Å²) >= 11 is 5.99. The Kier molecular flexibility index (Phi) is 6.60. The molecule has 1 aromatic carbocycles. The Balaban J connectivity index is 1.74. The highest BCUT2D eigenvalue weighted by molar-refractivity contribution is 7.92. The van der Waals surface area contributed by atoms with Gasteiger partial charge < -0.3 is 4.74 Å². The molecule has 2 fully saturated rings. The van der Waals surface area contributed by atoms with Crippen LogP contribution < -0.4 is 4.90 Å². The molecule has 1 amide bonds. The monoisotopic (exact) mass is 490 g/mol. The minimum atomic E-state index is -3.74. The molecule has 8 heteroatoms. The lowest BCUT2D eigenvalue weighted by Crippen LogP contribution is -2.49. The molecule has 4 rings (SSSR count). The van der Waals surface area contributed by atoms with Gasteiger partial charge in [-0.25, -0.2) is 13.4 Å². The molecule has 178 valence electrons. The lowest BCUT2D eigenvalue weighted by Gasteiger charge is -2.40. The summed E-state index contributed by atoms with van der Waals surface area (Å²) in [5.74, 6) is 0.608. The smallest absolute Gasteiger partial charge is 0.233 e. The van der Waals surface area contributed by atoms with E-state index in [1.54, 1.807) is 41.4 Å². The molecule has 2 aromatic rings. The molecule has 2 aliphatic rings. The van der Waals surface area contributed by atoms with Crippen molar-refractivity contribution in [3.63, 3.8) is 0 Å². The molecule has 1 aliphatic heterocycles. The highest BCUT2D eigenvalue weighted by atomic mass is 35.5. The van der Waals surface area contributed by atoms with E-state index < -0.39 is 20.0 Å². The zero-order valence-corrected chi connectivity index (χ0v) is 21.0. The lowest BCUT2D eigenvalue weighted by atomic mass is 9.87. The van der Waals surface area contributed by atoms with E-state index in [4.69, 9.17) is 16.3 Å². The van der Waals surface area contributed by atoms with Crippen LogP contribution >= 0.6 is 11.6 Å². The van der Waals surface area contributed by atoms with Crippen LogP contribution in [-0.4, -0.2) is 38.6 Å². The van der Waals surface area contributed by atoms with Gasteiger partial charge in [0.25, 0.3) is 0 Å². The number of carbonyl (C=O) groups is 1. The van der Waals surface area contributed by atoms with Gasteiger partial charge in [-0.2, -0.15) is 0 Å². The van der Waals surface area contributed by atoms with E-state index in [1.165, 1.54) is 0 Å². The molecule has 6 nitrogen and oxygen atoms in total. The number of anilines is 1. The third kappa shape index (κ3) is 4.43. The molecule has 0 bridgehead atoms. The van der Waals surface area contributed by atoms with Crippen molar-refractivity contribution in [3.05, 3.63) is 53.2 Å². The minimum Gasteiger partial charge on any atom is -0.381 e. The number of ether oxygens (including phenoxy) is 1. The van der Waals surface area contributed by atoms with E-state index in [1.807, 2.05) is 26.8 Å². The second kappa shape index (κ2) is 9.01. The summed E-state index contributed by atoms with van der Waals surface area (Å²) in [5.41, 5.74) is 0.0942. The van der Waals surface area contributed by atoms with E-state index in [-0.39, 0.29) is 16.8 Å². The summed E-state index contributed by atoms with van der Waals surface area (Å²) in [7, 11) is -3.74. The van der Waals surface area contributed by atoms with Gasteiger partial charge >= 0.3 is 0 Å². The second-order valence-corrected chi connectivity index (χ2v) is 12.7. The molecule has 0 spiro atoms. The number of halogens is 1. The fourth-order valence-electron chi connectivity index (χ4n) is 4.51. The molecular formula is C25H31ClN2O4S. The normalized spacial score (nSPS) is 19.0. The van der Waals surface area contributed by atoms with Crippen molar-refractivity contribution in [3.8, 4) is 0 Å². The minimum absolute atomic E-state index is 0.0296. The Morgan fingerprint density at radius 2 is 1.73 bits per heavy atom. The van der Waals surface area contributed by atoms with Crippen LogP contribution in [0.2, 0.25) is 5.02 Å². The standard InChI is InChI=1S/C25H31ClN2O4S/c1-24(2,3)23(29)28(20-5-4-6-20)22-12-7-18(17-27-22)25(13-15-32-16-14-25)33(30,31)21-10-8-19(26)9-11-21/h7-12,17,20H,4-6,13-16H2,1-3H3. The number of amides is 1. The van der Waals surface area contributed by atoms with Gasteiger partial charge in [-0.3, -0.25) is 9.69 Å². The van der Waals surface area contributed by atoms with Gasteiger partial charge in [0.2, 0.25) is 5.91 Å². The predicted molar refractivity (Wildman–Crippen MR) is 129 cm³/mol. The van der Waals surface area contributed by atoms with Crippen molar-refractivity contribution in [2.24, 2.45) is 5.41 Å². The van der Waals surface area contributed by atoms with Gasteiger partial charge in [-0.1, -0.05) is 38.4 Å². The van der Waals surface area contributed by atoms with Crippen LogP contribution in [0.3, 0.4) is 0 Å². The van der Waals surface area contributed by atoms with Crippen LogP contribution in [0.15, 0.2) is 47.5 Å². The fourth-order valence-corrected chi connectivity index (χ4v) is 6.72. The van der Waals surface area contributed by atoms with E-state index in [9.17, 15) is 13.2 Å². The van der Waals surface area contributed by atoms with E-state index in [0.717, 1.165) is 19.3 Å². The first-order valence-electron chi connectivity index (χ1n) is 11.4. The van der Waals surface area contributed by atoms with Crippen molar-refractivity contribution >= 4 is 33.2 Å². The number of hydrogen-bond acceptors (Lipinski definition) is 5. The predicted octanol–water partition coefficient (Wildman–Crippen LogP) is 5.15. The van der Waals surface area contributed by atoms with Crippen LogP contribution in [-0.2, 0) is 24.1 Å². The highest BCUT2D eigenvalue weighted by Crippen LogP contribution is 2.44. The summed E-state index contributed by atoms with van der Waals surface area (Å²) in [6.45, 7) is 6.43. The molecule has 0 radical (unpaired) electrons. The first-order valence-corrected chi connectivity index (χ1v) is 13.3. The number of carbonyl (C=O) groups excluding carboxylic acids is 1. The maximum absolute atomic E-state index is 13.9. The van der Waals surface area contributed by atoms with Crippen LogP contribution in [0, 0.1) is 5.41 Å². The molecule has 0 N–H and O–H groups in total. The molecule has 2 heterocycles. The van der Waals surface area contributed by atoms with Gasteiger partial charge in [0, 0.05) is 35.9 Å². The SMILES string of the molecule is CC(C)(C)C(=O)N(c1ccc(C2(S(=O)(=O)c3ccc(Cl)cc3)CCOCC2)cn1)C1CCC1. The maximum atomic E-state index is 13.9. The Hall–Kier alpha value is -1.96. The Labute approximate surface area is 201 Å². The van der Waals surface area contributed by atoms with Crippen LogP contribution in [0.4, 0.5) is 5.82 Å². The average Bonchev–Trinajstić information content (AvgIpc) is 2.76. The number of rotatable bonds is 5. The van der Waals surface area contributed by atoms with Gasteiger partial charge in [-0.15, -0.1) is 0 Å². The number of nitrogens with zero attached hydrogens (tertiary/aromatic N) is 2. The third-order valence-corrected chi connectivity index (χ3v) is 9.58. The fraction of sp³-hybridized carbons (Fsp3) is 0.520. The molecule has 1 saturated carbocycles. The second-order valence-electron chi connectivity index (χ2n) is 9.98. The third-order valence-electron chi connectivity index (χ3n) is 6.76.